The van der Waals surface area contributed by atoms with Gasteiger partial charge in [0.15, 0.2) is 41.5 Å². The summed E-state index contributed by atoms with van der Waals surface area (Å²) in [6.07, 6.45) is -11.3. The molecule has 22 heteroatoms. The quantitative estimate of drug-likeness (QED) is 0.103. The molecule has 1 unspecified atom stereocenters. The van der Waals surface area contributed by atoms with Gasteiger partial charge in [0.1, 0.15) is 43.1 Å². The fraction of sp³-hybridized carbons (Fsp3) is 0.500. The van der Waals surface area contributed by atoms with Gasteiger partial charge in [-0.2, -0.15) is 0 Å². The van der Waals surface area contributed by atoms with E-state index in [1.165, 1.54) is 23.0 Å². The van der Waals surface area contributed by atoms with Gasteiger partial charge in [-0.25, -0.2) is 24.0 Å². The van der Waals surface area contributed by atoms with Crippen molar-refractivity contribution >= 4 is 48.6 Å². The van der Waals surface area contributed by atoms with E-state index in [-0.39, 0.29) is 22.7 Å². The van der Waals surface area contributed by atoms with Crippen LogP contribution in [-0.4, -0.2) is 121 Å². The number of ether oxygens (including phenoxy) is 6. The second-order valence-corrected chi connectivity index (χ2v) is 13.1. The summed E-state index contributed by atoms with van der Waals surface area (Å²) in [7, 11) is -4.86. The van der Waals surface area contributed by atoms with Crippen LogP contribution in [0.2, 0.25) is 0 Å². The summed E-state index contributed by atoms with van der Waals surface area (Å²) in [5.74, 6) is -3.69. The monoisotopic (exact) mass is 753 g/mol. The number of hydrogen-bond acceptors (Lipinski definition) is 19. The maximum atomic E-state index is 14.8. The molecule has 52 heavy (non-hydrogen) atoms. The van der Waals surface area contributed by atoms with E-state index in [1.807, 2.05) is 0 Å². The lowest BCUT2D eigenvalue weighted by Gasteiger charge is -2.44. The molecule has 10 atom stereocenters. The number of aliphatic hydroxyl groups is 3. The summed E-state index contributed by atoms with van der Waals surface area (Å²) < 4.78 is 60.7. The SMILES string of the molecule is CC(=O)OC[C@H]1O[C@H](OP(=O)(Nc2ncnc3c2ncn3[C@@H]2O[C@H](CO)[C@@H](O)[C@H]2O)Oc2ccccc2)[C@H](OC(C)=O)[C@@H](OC(C)=O)[C@@H]1OC(C)=O. The number of esters is 4. The fourth-order valence-corrected chi connectivity index (χ4v) is 6.87. The minimum Gasteiger partial charge on any atom is -0.463 e. The third kappa shape index (κ3) is 8.81. The average Bonchev–Trinajstić information content (AvgIpc) is 3.63. The molecule has 4 heterocycles. The molecule has 2 aromatic heterocycles. The lowest BCUT2D eigenvalue weighted by Crippen LogP contribution is -2.62. The molecule has 2 aliphatic rings. The summed E-state index contributed by atoms with van der Waals surface area (Å²) >= 11 is 0. The Kier molecular flexibility index (Phi) is 12.0. The van der Waals surface area contributed by atoms with Crippen molar-refractivity contribution in [2.24, 2.45) is 0 Å². The van der Waals surface area contributed by atoms with Crippen molar-refractivity contribution in [2.45, 2.75) is 82.9 Å². The van der Waals surface area contributed by atoms with E-state index in [0.29, 0.717) is 0 Å². The number of imidazole rings is 1. The molecule has 21 nitrogen and oxygen atoms in total. The number of carbonyl (C=O) groups excluding carboxylic acids is 4. The first-order chi connectivity index (χ1) is 24.7. The van der Waals surface area contributed by atoms with Gasteiger partial charge in [-0.1, -0.05) is 18.2 Å². The molecule has 0 radical (unpaired) electrons. The van der Waals surface area contributed by atoms with E-state index < -0.39 is 100 Å². The zero-order chi connectivity index (χ0) is 37.7. The molecule has 4 N–H and O–H groups in total. The van der Waals surface area contributed by atoms with Crippen LogP contribution in [0.25, 0.3) is 11.2 Å². The van der Waals surface area contributed by atoms with E-state index in [4.69, 9.17) is 37.5 Å². The van der Waals surface area contributed by atoms with Gasteiger partial charge in [-0.3, -0.25) is 28.8 Å². The van der Waals surface area contributed by atoms with Crippen LogP contribution in [0.4, 0.5) is 5.82 Å². The number of para-hydroxylation sites is 1. The lowest BCUT2D eigenvalue weighted by molar-refractivity contribution is -0.289. The number of aromatic nitrogens is 4. The third-order valence-electron chi connectivity index (χ3n) is 7.55. The number of nitrogens with zero attached hydrogens (tertiary/aromatic N) is 4. The number of carbonyl (C=O) groups is 4. The smallest absolute Gasteiger partial charge is 0.463 e. The van der Waals surface area contributed by atoms with E-state index in [0.717, 1.165) is 34.0 Å². The van der Waals surface area contributed by atoms with Crippen LogP contribution in [0.1, 0.15) is 33.9 Å². The Hall–Kier alpha value is -4.76. The first kappa shape index (κ1) is 38.5. The zero-order valence-electron chi connectivity index (χ0n) is 28.0. The van der Waals surface area contributed by atoms with Crippen LogP contribution < -0.4 is 9.61 Å². The number of hydrogen-bond donors (Lipinski definition) is 4. The lowest BCUT2D eigenvalue weighted by atomic mass is 9.98. The molecular formula is C30H36N5O16P. The molecule has 0 saturated carbocycles. The van der Waals surface area contributed by atoms with Gasteiger partial charge in [-0.05, 0) is 12.1 Å². The van der Waals surface area contributed by atoms with Crippen LogP contribution in [0.3, 0.4) is 0 Å². The summed E-state index contributed by atoms with van der Waals surface area (Å²) in [6.45, 7) is 3.05. The molecule has 282 valence electrons. The fourth-order valence-electron chi connectivity index (χ4n) is 5.46. The Labute approximate surface area is 294 Å². The van der Waals surface area contributed by atoms with Crippen molar-refractivity contribution in [2.75, 3.05) is 18.3 Å². The van der Waals surface area contributed by atoms with Crippen LogP contribution in [0.15, 0.2) is 43.0 Å². The van der Waals surface area contributed by atoms with Gasteiger partial charge in [0.05, 0.1) is 12.9 Å². The number of fused-ring (bicyclic) bond motifs is 1. The molecule has 0 bridgehead atoms. The van der Waals surface area contributed by atoms with Crippen molar-refractivity contribution in [1.29, 1.82) is 0 Å². The molecule has 5 rings (SSSR count). The highest BCUT2D eigenvalue weighted by Gasteiger charge is 2.55. The van der Waals surface area contributed by atoms with Crippen molar-refractivity contribution < 1.29 is 76.5 Å². The molecule has 0 spiro atoms. The summed E-state index contributed by atoms with van der Waals surface area (Å²) in [5, 5.41) is 33.0. The number of aliphatic hydroxyl groups excluding tert-OH is 3. The highest BCUT2D eigenvalue weighted by molar-refractivity contribution is 7.55. The van der Waals surface area contributed by atoms with Crippen LogP contribution in [-0.2, 0) is 56.7 Å². The largest absolute Gasteiger partial charge is 0.490 e. The first-order valence-corrected chi connectivity index (χ1v) is 17.2. The highest BCUT2D eigenvalue weighted by Crippen LogP contribution is 2.51. The van der Waals surface area contributed by atoms with Gasteiger partial charge in [0.2, 0.25) is 6.29 Å². The van der Waals surface area contributed by atoms with Gasteiger partial charge in [-0.15, -0.1) is 0 Å². The minimum atomic E-state index is -4.86. The van der Waals surface area contributed by atoms with E-state index >= 15 is 0 Å². The Bertz CT molecular complexity index is 1810. The Morgan fingerprint density at radius 1 is 0.846 bits per heavy atom. The van der Waals surface area contributed by atoms with E-state index in [9.17, 15) is 39.1 Å². The predicted molar refractivity (Wildman–Crippen MR) is 170 cm³/mol. The van der Waals surface area contributed by atoms with E-state index in [2.05, 4.69) is 20.0 Å². The minimum absolute atomic E-state index is 0.00584. The van der Waals surface area contributed by atoms with Gasteiger partial charge in [0.25, 0.3) is 0 Å². The standard InChI is InChI=1S/C30H36N5O16P/c1-14(37)44-11-20-24(45-15(2)38)25(46-16(3)39)26(47-17(4)40)30(49-20)51-52(43,50-18-8-6-5-7-9-18)34-27-21-28(32-12-31-27)35(13-33-21)29-23(42)22(41)19(10-36)48-29/h5-9,12-13,19-20,22-26,29-30,36,41-42H,10-11H2,1-4H3,(H,31,32,34,43)/t19-,20-,22-,23-,24-,25+,26-,29-,30-,52?/m1/s1. The molecule has 1 aromatic carbocycles. The summed E-state index contributed by atoms with van der Waals surface area (Å²) in [6, 6.07) is 7.68. The molecular weight excluding hydrogens is 717 g/mol. The Balaban J connectivity index is 1.55. The van der Waals surface area contributed by atoms with Crippen molar-refractivity contribution in [1.82, 2.24) is 19.5 Å². The van der Waals surface area contributed by atoms with Crippen molar-refractivity contribution in [3.63, 3.8) is 0 Å². The topological polar surface area (TPSA) is 276 Å². The maximum Gasteiger partial charge on any atom is 0.490 e. The van der Waals surface area contributed by atoms with E-state index in [1.54, 1.807) is 18.2 Å². The van der Waals surface area contributed by atoms with Crippen molar-refractivity contribution in [3.8, 4) is 5.75 Å². The average molecular weight is 754 g/mol. The number of nitrogens with one attached hydrogen (secondary N) is 1. The van der Waals surface area contributed by atoms with Crippen molar-refractivity contribution in [3.05, 3.63) is 43.0 Å². The normalized spacial score (nSPS) is 28.3. The number of rotatable bonds is 13. The molecule has 2 saturated heterocycles. The predicted octanol–water partition coefficient (Wildman–Crippen LogP) is 0.137. The number of benzene rings is 1. The molecule has 0 aliphatic carbocycles. The van der Waals surface area contributed by atoms with Crippen LogP contribution in [0, 0.1) is 0 Å². The molecule has 0 amide bonds. The third-order valence-corrected chi connectivity index (χ3v) is 8.97. The summed E-state index contributed by atoms with van der Waals surface area (Å²) in [4.78, 5) is 61.1. The second kappa shape index (κ2) is 16.3. The van der Waals surface area contributed by atoms with Gasteiger partial charge >= 0.3 is 31.6 Å². The molecule has 2 fully saturated rings. The second-order valence-electron chi connectivity index (χ2n) is 11.5. The highest BCUT2D eigenvalue weighted by atomic mass is 31.2. The Morgan fingerprint density at radius 3 is 2.12 bits per heavy atom. The molecule has 2 aliphatic heterocycles. The maximum absolute atomic E-state index is 14.8. The summed E-state index contributed by atoms with van der Waals surface area (Å²) in [5.41, 5.74) is -0.0341. The Morgan fingerprint density at radius 2 is 1.50 bits per heavy atom. The van der Waals surface area contributed by atoms with Gasteiger partial charge < -0.3 is 48.3 Å². The van der Waals surface area contributed by atoms with Crippen LogP contribution in [0.5, 0.6) is 5.75 Å². The first-order valence-electron chi connectivity index (χ1n) is 15.6. The molecule has 3 aromatic rings. The zero-order valence-corrected chi connectivity index (χ0v) is 28.9. The number of anilines is 1. The van der Waals surface area contributed by atoms with Gasteiger partial charge in [0, 0.05) is 27.7 Å². The van der Waals surface area contributed by atoms with Crippen LogP contribution >= 0.6 is 7.75 Å².